The summed E-state index contributed by atoms with van der Waals surface area (Å²) in [6.07, 6.45) is 4.36. The van der Waals surface area contributed by atoms with Gasteiger partial charge >= 0.3 is 0 Å². The van der Waals surface area contributed by atoms with Crippen molar-refractivity contribution in [2.75, 3.05) is 31.1 Å². The van der Waals surface area contributed by atoms with Crippen LogP contribution in [0.2, 0.25) is 5.02 Å². The molecule has 1 aliphatic carbocycles. The second kappa shape index (κ2) is 15.6. The average molecular weight is 846 g/mol. The monoisotopic (exact) mass is 845 g/mol. The van der Waals surface area contributed by atoms with Crippen LogP contribution in [0, 0.1) is 22.2 Å². The minimum Gasteiger partial charge on any atom is -0.489 e. The van der Waals surface area contributed by atoms with Gasteiger partial charge in [-0.05, 0) is 105 Å². The molecule has 3 aromatic rings. The molecule has 61 heavy (non-hydrogen) atoms. The Labute approximate surface area is 361 Å². The van der Waals surface area contributed by atoms with Crippen molar-refractivity contribution in [2.45, 2.75) is 110 Å². The molecule has 9 rings (SSSR count). The molecule has 5 aliphatic heterocycles. The topological polar surface area (TPSA) is 155 Å². The van der Waals surface area contributed by atoms with Gasteiger partial charge in [0.2, 0.25) is 11.8 Å². The van der Waals surface area contributed by atoms with Gasteiger partial charge in [0.25, 0.3) is 17.7 Å². The van der Waals surface area contributed by atoms with Crippen molar-refractivity contribution in [1.29, 1.82) is 5.26 Å². The molecule has 0 bridgehead atoms. The van der Waals surface area contributed by atoms with E-state index in [4.69, 9.17) is 16.3 Å². The predicted octanol–water partition coefficient (Wildman–Crippen LogP) is 5.67. The summed E-state index contributed by atoms with van der Waals surface area (Å²) >= 11 is 6.26. The molecule has 5 amide bonds. The van der Waals surface area contributed by atoms with Gasteiger partial charge in [0.1, 0.15) is 24.0 Å². The van der Waals surface area contributed by atoms with E-state index in [0.29, 0.717) is 45.1 Å². The van der Waals surface area contributed by atoms with Crippen LogP contribution in [0.1, 0.15) is 114 Å². The fourth-order valence-electron chi connectivity index (χ4n) is 11.4. The molecule has 0 aromatic heterocycles. The Morgan fingerprint density at radius 1 is 0.803 bits per heavy atom. The number of benzene rings is 3. The second-order valence-corrected chi connectivity index (χ2v) is 19.3. The lowest BCUT2D eigenvalue weighted by Crippen LogP contribution is -2.74. The van der Waals surface area contributed by atoms with E-state index in [2.05, 4.69) is 71.2 Å². The standard InChI is InChI=1S/C47H52ClN7O6/c1-46(2)44(47(3,4)45(46)61-34-10-7-28(24-49)37(48)23-34)51-40(57)27-5-8-31(9-6-27)52-17-13-32(14-18-52)53-19-15-33(16-20-53)54-25-29-21-35-36(22-30(29)26-54)43(60)55(42(35)59)38-11-12-39(56)50-41(38)58/h5-10,21-23,32-33,38,44-45H,11-20,25-26H2,1-4H3,(H,51,57)(H,50,56,58)/t38-,44-,45-/m0/s1. The fourth-order valence-corrected chi connectivity index (χ4v) is 11.6. The van der Waals surface area contributed by atoms with Gasteiger partial charge in [-0.2, -0.15) is 5.26 Å². The summed E-state index contributed by atoms with van der Waals surface area (Å²) in [7, 11) is 0. The second-order valence-electron chi connectivity index (χ2n) is 18.9. The third-order valence-electron chi connectivity index (χ3n) is 14.4. The number of ether oxygens (including phenoxy) is 1. The Morgan fingerprint density at radius 2 is 1.39 bits per heavy atom. The van der Waals surface area contributed by atoms with Crippen molar-refractivity contribution >= 4 is 46.8 Å². The summed E-state index contributed by atoms with van der Waals surface area (Å²) in [5, 5.41) is 15.1. The molecular formula is C47H52ClN7O6. The molecule has 318 valence electrons. The number of nitrogens with zero attached hydrogens (tertiary/aromatic N) is 5. The molecule has 2 N–H and O–H groups in total. The highest BCUT2D eigenvalue weighted by atomic mass is 35.5. The maximum Gasteiger partial charge on any atom is 0.262 e. The lowest BCUT2D eigenvalue weighted by atomic mass is 9.49. The summed E-state index contributed by atoms with van der Waals surface area (Å²) in [6, 6.07) is 18.7. The van der Waals surface area contributed by atoms with Crippen LogP contribution >= 0.6 is 11.6 Å². The Bertz CT molecular complexity index is 2300. The number of nitriles is 1. The van der Waals surface area contributed by atoms with E-state index in [-0.39, 0.29) is 47.6 Å². The zero-order valence-corrected chi connectivity index (χ0v) is 35.9. The summed E-state index contributed by atoms with van der Waals surface area (Å²) in [5.41, 5.74) is 4.28. The van der Waals surface area contributed by atoms with Crippen LogP contribution in [0.3, 0.4) is 0 Å². The van der Waals surface area contributed by atoms with Crippen LogP contribution in [0.15, 0.2) is 54.6 Å². The number of carbonyl (C=O) groups excluding carboxylic acids is 5. The first-order chi connectivity index (χ1) is 29.1. The van der Waals surface area contributed by atoms with Crippen LogP contribution in [0.5, 0.6) is 5.75 Å². The van der Waals surface area contributed by atoms with Gasteiger partial charge < -0.3 is 19.9 Å². The summed E-state index contributed by atoms with van der Waals surface area (Å²) in [6.45, 7) is 13.8. The minimum atomic E-state index is -0.958. The van der Waals surface area contributed by atoms with Gasteiger partial charge in [0.15, 0.2) is 0 Å². The zero-order chi connectivity index (χ0) is 43.0. The van der Waals surface area contributed by atoms with Crippen molar-refractivity contribution in [1.82, 2.24) is 25.3 Å². The van der Waals surface area contributed by atoms with Gasteiger partial charge in [-0.3, -0.25) is 39.1 Å². The Hall–Kier alpha value is -5.29. The number of fused-ring (bicyclic) bond motifs is 2. The fraction of sp³-hybridized carbons (Fsp3) is 0.489. The van der Waals surface area contributed by atoms with E-state index in [1.165, 1.54) is 0 Å². The Balaban J connectivity index is 0.735. The minimum absolute atomic E-state index is 0.101. The quantitative estimate of drug-likeness (QED) is 0.271. The first-order valence-corrected chi connectivity index (χ1v) is 21.9. The molecule has 5 heterocycles. The molecule has 0 spiro atoms. The molecule has 14 heteroatoms. The van der Waals surface area contributed by atoms with Crippen molar-refractivity contribution in [2.24, 2.45) is 10.8 Å². The number of carbonyl (C=O) groups is 5. The molecule has 1 atom stereocenters. The predicted molar refractivity (Wildman–Crippen MR) is 228 cm³/mol. The van der Waals surface area contributed by atoms with Gasteiger partial charge in [-0.25, -0.2) is 0 Å². The van der Waals surface area contributed by atoms with E-state index >= 15 is 0 Å². The molecule has 4 fully saturated rings. The first-order valence-electron chi connectivity index (χ1n) is 21.5. The lowest BCUT2D eigenvalue weighted by molar-refractivity contribution is -0.164. The first kappa shape index (κ1) is 41.1. The zero-order valence-electron chi connectivity index (χ0n) is 35.1. The SMILES string of the molecule is CC1(C)[C@H](NC(=O)c2ccc(N3CCC(N4CCC(N5Cc6cc7c(cc6C5)C(=O)N([C@H]5CCC(=O)NC5=O)C7=O)CC4)CC3)cc2)C(C)(C)[C@H]1Oc1ccc(C#N)c(Cl)c1. The number of anilines is 1. The summed E-state index contributed by atoms with van der Waals surface area (Å²) in [4.78, 5) is 73.0. The number of hydrogen-bond acceptors (Lipinski definition) is 10. The molecule has 0 unspecified atom stereocenters. The van der Waals surface area contributed by atoms with Gasteiger partial charge in [0.05, 0.1) is 21.7 Å². The number of halogens is 1. The number of piperidine rings is 3. The highest BCUT2D eigenvalue weighted by Gasteiger charge is 2.64. The Kier molecular flexibility index (Phi) is 10.5. The van der Waals surface area contributed by atoms with E-state index < -0.39 is 23.8 Å². The largest absolute Gasteiger partial charge is 0.489 e. The van der Waals surface area contributed by atoms with Crippen LogP contribution < -0.4 is 20.3 Å². The maximum absolute atomic E-state index is 13.5. The number of amides is 5. The van der Waals surface area contributed by atoms with Crippen molar-refractivity contribution in [3.05, 3.63) is 93.0 Å². The van der Waals surface area contributed by atoms with E-state index in [1.807, 2.05) is 24.3 Å². The Morgan fingerprint density at radius 3 is 1.97 bits per heavy atom. The molecule has 0 radical (unpaired) electrons. The summed E-state index contributed by atoms with van der Waals surface area (Å²) in [5.74, 6) is -1.39. The van der Waals surface area contributed by atoms with Crippen LogP contribution in [-0.2, 0) is 22.7 Å². The van der Waals surface area contributed by atoms with Crippen LogP contribution in [0.25, 0.3) is 0 Å². The highest BCUT2D eigenvalue weighted by Crippen LogP contribution is 2.55. The molecule has 3 aromatic carbocycles. The average Bonchev–Trinajstić information content (AvgIpc) is 3.78. The smallest absolute Gasteiger partial charge is 0.262 e. The van der Waals surface area contributed by atoms with Crippen molar-refractivity contribution in [3.8, 4) is 11.8 Å². The molecular weight excluding hydrogens is 794 g/mol. The van der Waals surface area contributed by atoms with Crippen LogP contribution in [0.4, 0.5) is 5.69 Å². The molecule has 3 saturated heterocycles. The van der Waals surface area contributed by atoms with E-state index in [1.54, 1.807) is 18.2 Å². The summed E-state index contributed by atoms with van der Waals surface area (Å²) < 4.78 is 6.39. The van der Waals surface area contributed by atoms with E-state index in [9.17, 15) is 29.2 Å². The van der Waals surface area contributed by atoms with Gasteiger partial charge in [-0.1, -0.05) is 39.3 Å². The third-order valence-corrected chi connectivity index (χ3v) is 14.7. The number of rotatable bonds is 8. The van der Waals surface area contributed by atoms with Crippen LogP contribution in [-0.4, -0.2) is 101 Å². The number of nitrogens with one attached hydrogen (secondary N) is 2. The molecule has 1 saturated carbocycles. The normalized spacial score (nSPS) is 25.4. The van der Waals surface area contributed by atoms with Gasteiger partial charge in [-0.15, -0.1) is 0 Å². The number of likely N-dealkylation sites (tertiary alicyclic amines) is 1. The number of imide groups is 2. The highest BCUT2D eigenvalue weighted by molar-refractivity contribution is 6.31. The van der Waals surface area contributed by atoms with E-state index in [0.717, 1.165) is 86.7 Å². The molecule has 13 nitrogen and oxygen atoms in total. The lowest BCUT2D eigenvalue weighted by Gasteiger charge is -2.63. The maximum atomic E-state index is 13.5. The number of hydrogen-bond donors (Lipinski definition) is 2. The van der Waals surface area contributed by atoms with Crippen molar-refractivity contribution in [3.63, 3.8) is 0 Å². The van der Waals surface area contributed by atoms with Crippen molar-refractivity contribution < 1.29 is 28.7 Å². The van der Waals surface area contributed by atoms with Gasteiger partial charge in [0, 0.05) is 78.9 Å². The third kappa shape index (κ3) is 7.26. The molecule has 6 aliphatic rings.